The summed E-state index contributed by atoms with van der Waals surface area (Å²) in [5.41, 5.74) is -0.244. The minimum Gasteiger partial charge on any atom is -0.396 e. The summed E-state index contributed by atoms with van der Waals surface area (Å²) >= 11 is 0. The number of unbranched alkanes of at least 4 members (excludes halogenated alkanes) is 3. The van der Waals surface area contributed by atoms with Crippen LogP contribution < -0.4 is 5.32 Å². The third-order valence-corrected chi connectivity index (χ3v) is 3.72. The van der Waals surface area contributed by atoms with Crippen molar-refractivity contribution < 1.29 is 19.5 Å². The van der Waals surface area contributed by atoms with Crippen molar-refractivity contribution in [3.8, 4) is 0 Å². The molecule has 0 aromatic carbocycles. The quantitative estimate of drug-likeness (QED) is 0.573. The molecular formula is C16H28N2O4. The number of carbonyl (C=O) groups excluding carboxylic acids is 1. The lowest BCUT2D eigenvalue weighted by atomic mass is 9.87. The van der Waals surface area contributed by atoms with E-state index in [2.05, 4.69) is 17.4 Å². The lowest BCUT2D eigenvalue weighted by Crippen LogP contribution is -2.45. The van der Waals surface area contributed by atoms with Crippen molar-refractivity contribution in [2.24, 2.45) is 5.41 Å². The molecule has 0 aliphatic rings. The molecule has 1 aromatic rings. The summed E-state index contributed by atoms with van der Waals surface area (Å²) in [6.45, 7) is 5.36. The number of aliphatic hydroxyl groups is 2. The van der Waals surface area contributed by atoms with Gasteiger partial charge in [0, 0.05) is 17.9 Å². The van der Waals surface area contributed by atoms with E-state index in [1.165, 1.54) is 19.3 Å². The molecular weight excluding hydrogens is 284 g/mol. The van der Waals surface area contributed by atoms with Gasteiger partial charge in [-0.25, -0.2) is 0 Å². The zero-order chi connectivity index (χ0) is 16.6. The summed E-state index contributed by atoms with van der Waals surface area (Å²) in [6, 6.07) is 1.83. The molecule has 0 radical (unpaired) electrons. The number of carbonyl (C=O) groups is 1. The van der Waals surface area contributed by atoms with Crippen molar-refractivity contribution in [3.63, 3.8) is 0 Å². The molecule has 0 fully saturated rings. The molecule has 0 bridgehead atoms. The van der Waals surface area contributed by atoms with Crippen LogP contribution in [0.2, 0.25) is 0 Å². The van der Waals surface area contributed by atoms with Crippen LogP contribution in [0.15, 0.2) is 10.6 Å². The monoisotopic (exact) mass is 312 g/mol. The number of aryl methyl sites for hydroxylation is 1. The number of nitrogens with one attached hydrogen (secondary N) is 1. The van der Waals surface area contributed by atoms with Crippen LogP contribution in [0, 0.1) is 5.41 Å². The molecule has 3 N–H and O–H groups in total. The van der Waals surface area contributed by atoms with E-state index in [0.717, 1.165) is 18.6 Å². The second-order valence-corrected chi connectivity index (χ2v) is 6.36. The molecule has 1 heterocycles. The molecule has 126 valence electrons. The van der Waals surface area contributed by atoms with E-state index in [-0.39, 0.29) is 13.2 Å². The van der Waals surface area contributed by atoms with Crippen molar-refractivity contribution in [1.82, 2.24) is 10.5 Å². The van der Waals surface area contributed by atoms with Crippen molar-refractivity contribution in [2.75, 3.05) is 6.61 Å². The Morgan fingerprint density at radius 2 is 2.14 bits per heavy atom. The van der Waals surface area contributed by atoms with E-state index >= 15 is 0 Å². The fourth-order valence-corrected chi connectivity index (χ4v) is 2.00. The number of hydrogen-bond donors (Lipinski definition) is 3. The summed E-state index contributed by atoms with van der Waals surface area (Å²) < 4.78 is 5.22. The van der Waals surface area contributed by atoms with Crippen LogP contribution in [0.3, 0.4) is 0 Å². The smallest absolute Gasteiger partial charge is 0.249 e. The first-order chi connectivity index (χ1) is 10.4. The predicted octanol–water partition coefficient (Wildman–Crippen LogP) is 1.79. The van der Waals surface area contributed by atoms with Crippen LogP contribution in [0.5, 0.6) is 0 Å². The molecule has 0 saturated heterocycles. The van der Waals surface area contributed by atoms with Gasteiger partial charge in [-0.2, -0.15) is 0 Å². The van der Waals surface area contributed by atoms with E-state index in [4.69, 9.17) is 9.63 Å². The van der Waals surface area contributed by atoms with Gasteiger partial charge in [0.1, 0.15) is 17.6 Å². The third kappa shape index (κ3) is 5.77. The summed E-state index contributed by atoms with van der Waals surface area (Å²) in [6.07, 6.45) is 4.24. The lowest BCUT2D eigenvalue weighted by molar-refractivity contribution is -0.137. The first kappa shape index (κ1) is 18.6. The van der Waals surface area contributed by atoms with Crippen LogP contribution in [-0.4, -0.2) is 34.0 Å². The fourth-order valence-electron chi connectivity index (χ4n) is 2.00. The molecule has 0 saturated carbocycles. The number of amides is 1. The Balaban J connectivity index is 2.39. The van der Waals surface area contributed by atoms with Crippen LogP contribution >= 0.6 is 0 Å². The molecule has 22 heavy (non-hydrogen) atoms. The number of hydrogen-bond acceptors (Lipinski definition) is 5. The maximum Gasteiger partial charge on any atom is 0.249 e. The van der Waals surface area contributed by atoms with Gasteiger partial charge in [-0.05, 0) is 6.42 Å². The Morgan fingerprint density at radius 1 is 1.41 bits per heavy atom. The molecule has 6 heteroatoms. The molecule has 0 aliphatic heterocycles. The van der Waals surface area contributed by atoms with Gasteiger partial charge < -0.3 is 20.1 Å². The normalized spacial score (nSPS) is 13.1. The number of aromatic nitrogens is 1. The van der Waals surface area contributed by atoms with Gasteiger partial charge in [0.15, 0.2) is 0 Å². The number of nitrogens with zero attached hydrogens (tertiary/aromatic N) is 1. The molecule has 1 atom stereocenters. The Kier molecular flexibility index (Phi) is 7.55. The summed E-state index contributed by atoms with van der Waals surface area (Å²) in [5, 5.41) is 25.5. The minimum atomic E-state index is -1.27. The van der Waals surface area contributed by atoms with Crippen LogP contribution in [0.4, 0.5) is 0 Å². The van der Waals surface area contributed by atoms with Crippen molar-refractivity contribution in [1.29, 1.82) is 0 Å². The van der Waals surface area contributed by atoms with Gasteiger partial charge in [0.2, 0.25) is 5.91 Å². The van der Waals surface area contributed by atoms with E-state index in [1.807, 2.05) is 6.07 Å². The van der Waals surface area contributed by atoms with E-state index in [1.54, 1.807) is 13.8 Å². The fraction of sp³-hybridized carbons (Fsp3) is 0.750. The Hall–Kier alpha value is -1.40. The van der Waals surface area contributed by atoms with Gasteiger partial charge in [0.05, 0.1) is 13.2 Å². The highest BCUT2D eigenvalue weighted by Gasteiger charge is 2.32. The third-order valence-electron chi connectivity index (χ3n) is 3.72. The van der Waals surface area contributed by atoms with E-state index in [0.29, 0.717) is 5.69 Å². The van der Waals surface area contributed by atoms with Crippen LogP contribution in [0.25, 0.3) is 0 Å². The van der Waals surface area contributed by atoms with Gasteiger partial charge in [-0.1, -0.05) is 45.2 Å². The summed E-state index contributed by atoms with van der Waals surface area (Å²) in [7, 11) is 0. The Bertz CT molecular complexity index is 457. The number of rotatable bonds is 10. The Morgan fingerprint density at radius 3 is 2.77 bits per heavy atom. The standard InChI is InChI=1S/C16H28N2O4/c1-4-5-6-7-8-13-9-12(18-22-13)10-17-15(21)14(20)16(2,3)11-19/h9,14,19-20H,4-8,10-11H2,1-3H3,(H,17,21)/t14-/m0/s1. The molecule has 0 aliphatic carbocycles. The second kappa shape index (κ2) is 8.90. The van der Waals surface area contributed by atoms with Crippen molar-refractivity contribution in [3.05, 3.63) is 17.5 Å². The van der Waals surface area contributed by atoms with Crippen LogP contribution in [0.1, 0.15) is 57.9 Å². The first-order valence-electron chi connectivity index (χ1n) is 7.91. The Labute approximate surface area is 131 Å². The van der Waals surface area contributed by atoms with Gasteiger partial charge in [-0.15, -0.1) is 0 Å². The minimum absolute atomic E-state index is 0.204. The lowest BCUT2D eigenvalue weighted by Gasteiger charge is -2.26. The maximum atomic E-state index is 11.8. The largest absolute Gasteiger partial charge is 0.396 e. The van der Waals surface area contributed by atoms with Crippen molar-refractivity contribution in [2.45, 2.75) is 65.5 Å². The van der Waals surface area contributed by atoms with E-state index < -0.39 is 17.4 Å². The van der Waals surface area contributed by atoms with Gasteiger partial charge in [0.25, 0.3) is 0 Å². The topological polar surface area (TPSA) is 95.6 Å². The molecule has 1 amide bonds. The summed E-state index contributed by atoms with van der Waals surface area (Å²) in [4.78, 5) is 11.8. The summed E-state index contributed by atoms with van der Waals surface area (Å²) in [5.74, 6) is 0.295. The molecule has 1 aromatic heterocycles. The van der Waals surface area contributed by atoms with Crippen molar-refractivity contribution >= 4 is 5.91 Å². The molecule has 0 spiro atoms. The van der Waals surface area contributed by atoms with Gasteiger partial charge >= 0.3 is 0 Å². The zero-order valence-electron chi connectivity index (χ0n) is 13.8. The molecule has 0 unspecified atom stereocenters. The van der Waals surface area contributed by atoms with Gasteiger partial charge in [-0.3, -0.25) is 4.79 Å². The maximum absolute atomic E-state index is 11.8. The highest BCUT2D eigenvalue weighted by Crippen LogP contribution is 2.19. The highest BCUT2D eigenvalue weighted by atomic mass is 16.5. The predicted molar refractivity (Wildman–Crippen MR) is 83.1 cm³/mol. The highest BCUT2D eigenvalue weighted by molar-refractivity contribution is 5.81. The SMILES string of the molecule is CCCCCCc1cc(CNC(=O)[C@H](O)C(C)(C)CO)no1. The average Bonchev–Trinajstić information content (AvgIpc) is 2.96. The zero-order valence-corrected chi connectivity index (χ0v) is 13.8. The number of aliphatic hydroxyl groups excluding tert-OH is 2. The molecule has 1 rings (SSSR count). The van der Waals surface area contributed by atoms with Crippen LogP contribution in [-0.2, 0) is 17.8 Å². The van der Waals surface area contributed by atoms with E-state index in [9.17, 15) is 9.90 Å². The average molecular weight is 312 g/mol. The first-order valence-corrected chi connectivity index (χ1v) is 7.91. The second-order valence-electron chi connectivity index (χ2n) is 6.36. The molecule has 6 nitrogen and oxygen atoms in total.